The quantitative estimate of drug-likeness (QED) is 0.509. The van der Waals surface area contributed by atoms with E-state index in [9.17, 15) is 0 Å². The van der Waals surface area contributed by atoms with Gasteiger partial charge in [0, 0.05) is 6.21 Å². The van der Waals surface area contributed by atoms with Crippen LogP contribution in [0.25, 0.3) is 0 Å². The summed E-state index contributed by atoms with van der Waals surface area (Å²) in [6.45, 7) is 7.98. The van der Waals surface area contributed by atoms with Gasteiger partial charge in [0.15, 0.2) is 0 Å². The number of nitrogens with zero attached hydrogens (tertiary/aromatic N) is 2. The zero-order valence-electron chi connectivity index (χ0n) is 15.1. The molecule has 3 heteroatoms. The van der Waals surface area contributed by atoms with Crippen LogP contribution >= 0.6 is 0 Å². The molecule has 0 atom stereocenters. The number of aryl methyl sites for hydroxylation is 2. The van der Waals surface area contributed by atoms with Crippen molar-refractivity contribution in [2.45, 2.75) is 58.8 Å². The van der Waals surface area contributed by atoms with Gasteiger partial charge in [0.2, 0.25) is 0 Å². The summed E-state index contributed by atoms with van der Waals surface area (Å²) < 4.78 is 5.61. The van der Waals surface area contributed by atoms with Gasteiger partial charge in [0.05, 0.1) is 12.8 Å². The Balaban J connectivity index is 1.93. The highest BCUT2D eigenvalue weighted by Crippen LogP contribution is 2.30. The number of rotatable bonds is 8. The van der Waals surface area contributed by atoms with Crippen molar-refractivity contribution in [1.82, 2.24) is 4.90 Å². The maximum absolute atomic E-state index is 5.61. The summed E-state index contributed by atoms with van der Waals surface area (Å²) in [7, 11) is 1.77. The van der Waals surface area contributed by atoms with E-state index in [4.69, 9.17) is 4.74 Å². The first kappa shape index (κ1) is 18.0. The Morgan fingerprint density at radius 3 is 2.57 bits per heavy atom. The van der Waals surface area contributed by atoms with E-state index in [0.29, 0.717) is 0 Å². The van der Waals surface area contributed by atoms with Gasteiger partial charge in [-0.15, -0.1) is 0 Å². The first-order valence-corrected chi connectivity index (χ1v) is 9.19. The molecular weight excluding hydrogens is 284 g/mol. The Labute approximate surface area is 141 Å². The van der Waals surface area contributed by atoms with Gasteiger partial charge in [-0.25, -0.2) is 0 Å². The van der Waals surface area contributed by atoms with Gasteiger partial charge in [-0.05, 0) is 88.3 Å². The zero-order valence-corrected chi connectivity index (χ0v) is 15.1. The van der Waals surface area contributed by atoms with E-state index in [1.165, 1.54) is 62.9 Å². The molecule has 128 valence electrons. The second-order valence-corrected chi connectivity index (χ2v) is 6.39. The summed E-state index contributed by atoms with van der Waals surface area (Å²) in [5, 5.41) is 0. The number of hydrogen-bond donors (Lipinski definition) is 0. The Kier molecular flexibility index (Phi) is 7.60. The van der Waals surface area contributed by atoms with E-state index in [-0.39, 0.29) is 0 Å². The van der Waals surface area contributed by atoms with Gasteiger partial charge in [0.25, 0.3) is 0 Å². The summed E-state index contributed by atoms with van der Waals surface area (Å²) in [4.78, 5) is 7.15. The summed E-state index contributed by atoms with van der Waals surface area (Å²) in [5.41, 5.74) is 3.66. The predicted molar refractivity (Wildman–Crippen MR) is 99.4 cm³/mol. The molecule has 1 aliphatic heterocycles. The number of methoxy groups -OCH3 is 1. The van der Waals surface area contributed by atoms with Crippen LogP contribution in [-0.2, 0) is 12.8 Å². The number of ether oxygens (including phenoxy) is 1. The smallest absolute Gasteiger partial charge is 0.122 e. The first-order valence-electron chi connectivity index (χ1n) is 9.19. The van der Waals surface area contributed by atoms with Crippen LogP contribution in [0.1, 0.15) is 57.1 Å². The topological polar surface area (TPSA) is 24.8 Å². The van der Waals surface area contributed by atoms with E-state index in [1.807, 2.05) is 13.1 Å². The van der Waals surface area contributed by atoms with Crippen LogP contribution in [0.15, 0.2) is 17.1 Å². The highest BCUT2D eigenvalue weighted by molar-refractivity contribution is 5.64. The second kappa shape index (κ2) is 9.71. The van der Waals surface area contributed by atoms with Crippen LogP contribution < -0.4 is 4.74 Å². The molecule has 23 heavy (non-hydrogen) atoms. The minimum absolute atomic E-state index is 0.984. The van der Waals surface area contributed by atoms with Crippen LogP contribution in [-0.4, -0.2) is 37.9 Å². The lowest BCUT2D eigenvalue weighted by Crippen LogP contribution is -2.30. The van der Waals surface area contributed by atoms with Crippen LogP contribution in [0.4, 0.5) is 5.69 Å². The number of aliphatic imine (C=N–C) groups is 1. The molecule has 0 unspecified atom stereocenters. The van der Waals surface area contributed by atoms with Crippen molar-refractivity contribution in [3.05, 3.63) is 23.3 Å². The molecule has 0 spiro atoms. The minimum Gasteiger partial charge on any atom is -0.496 e. The minimum atomic E-state index is 0.984. The fourth-order valence-electron chi connectivity index (χ4n) is 3.42. The maximum atomic E-state index is 5.61. The fourth-order valence-corrected chi connectivity index (χ4v) is 3.42. The lowest BCUT2D eigenvalue weighted by Gasteiger charge is -2.26. The van der Waals surface area contributed by atoms with Crippen LogP contribution in [0, 0.1) is 0 Å². The molecule has 1 aromatic carbocycles. The van der Waals surface area contributed by atoms with E-state index in [1.54, 1.807) is 7.11 Å². The zero-order chi connectivity index (χ0) is 16.5. The Morgan fingerprint density at radius 1 is 1.13 bits per heavy atom. The summed E-state index contributed by atoms with van der Waals surface area (Å²) >= 11 is 0. The summed E-state index contributed by atoms with van der Waals surface area (Å²) in [5.74, 6) is 1.02. The number of likely N-dealkylation sites (tertiary alicyclic amines) is 1. The van der Waals surface area contributed by atoms with Crippen LogP contribution in [0.5, 0.6) is 5.75 Å². The lowest BCUT2D eigenvalue weighted by molar-refractivity contribution is 0.225. The summed E-state index contributed by atoms with van der Waals surface area (Å²) in [6.07, 6.45) is 10.6. The van der Waals surface area contributed by atoms with Crippen LogP contribution in [0.2, 0.25) is 0 Å². The van der Waals surface area contributed by atoms with E-state index < -0.39 is 0 Å². The SMILES string of the molecule is CC=Nc1cc(CCCCN2CCCCC2)c(OC)cc1CC. The van der Waals surface area contributed by atoms with E-state index in [2.05, 4.69) is 28.9 Å². The molecule has 0 aromatic heterocycles. The van der Waals surface area contributed by atoms with Crippen molar-refractivity contribution in [1.29, 1.82) is 0 Å². The number of hydrogen-bond acceptors (Lipinski definition) is 3. The maximum Gasteiger partial charge on any atom is 0.122 e. The Bertz CT molecular complexity index is 505. The average molecular weight is 316 g/mol. The second-order valence-electron chi connectivity index (χ2n) is 6.39. The molecule has 0 amide bonds. The van der Waals surface area contributed by atoms with E-state index in [0.717, 1.165) is 24.3 Å². The molecule has 0 saturated carbocycles. The fraction of sp³-hybridized carbons (Fsp3) is 0.650. The number of unbranched alkanes of at least 4 members (excludes halogenated alkanes) is 1. The van der Waals surface area contributed by atoms with E-state index >= 15 is 0 Å². The molecule has 1 aliphatic rings. The van der Waals surface area contributed by atoms with Gasteiger partial charge in [-0.3, -0.25) is 4.99 Å². The van der Waals surface area contributed by atoms with Gasteiger partial charge < -0.3 is 9.64 Å². The molecule has 0 bridgehead atoms. The highest BCUT2D eigenvalue weighted by Gasteiger charge is 2.11. The predicted octanol–water partition coefficient (Wildman–Crippen LogP) is 4.79. The van der Waals surface area contributed by atoms with Crippen molar-refractivity contribution >= 4 is 11.9 Å². The Morgan fingerprint density at radius 2 is 1.91 bits per heavy atom. The number of piperidine rings is 1. The van der Waals surface area contributed by atoms with Gasteiger partial charge >= 0.3 is 0 Å². The average Bonchev–Trinajstić information content (AvgIpc) is 2.60. The molecule has 1 saturated heterocycles. The third kappa shape index (κ3) is 5.35. The molecule has 0 radical (unpaired) electrons. The molecule has 3 nitrogen and oxygen atoms in total. The highest BCUT2D eigenvalue weighted by atomic mass is 16.5. The van der Waals surface area contributed by atoms with Crippen molar-refractivity contribution in [3.63, 3.8) is 0 Å². The third-order valence-corrected chi connectivity index (χ3v) is 4.75. The van der Waals surface area contributed by atoms with Crippen molar-refractivity contribution in [2.24, 2.45) is 4.99 Å². The lowest BCUT2D eigenvalue weighted by atomic mass is 10.0. The largest absolute Gasteiger partial charge is 0.496 e. The molecule has 0 N–H and O–H groups in total. The standard InChI is InChI=1S/C20H32N2O/c1-4-17-16-20(23-3)18(15-19(17)21-5-2)11-7-10-14-22-12-8-6-9-13-22/h5,15-16H,4,6-14H2,1-3H3. The molecule has 0 aliphatic carbocycles. The molecular formula is C20H32N2O. The molecule has 1 heterocycles. The Hall–Kier alpha value is -1.35. The molecule has 1 aromatic rings. The van der Waals surface area contributed by atoms with Gasteiger partial charge in [-0.2, -0.15) is 0 Å². The normalized spacial score (nSPS) is 16.1. The van der Waals surface area contributed by atoms with Crippen molar-refractivity contribution in [2.75, 3.05) is 26.7 Å². The monoisotopic (exact) mass is 316 g/mol. The van der Waals surface area contributed by atoms with Crippen molar-refractivity contribution < 1.29 is 4.74 Å². The van der Waals surface area contributed by atoms with Gasteiger partial charge in [-0.1, -0.05) is 13.3 Å². The first-order chi connectivity index (χ1) is 11.3. The number of benzene rings is 1. The molecule has 2 rings (SSSR count). The molecule has 1 fully saturated rings. The van der Waals surface area contributed by atoms with Crippen LogP contribution in [0.3, 0.4) is 0 Å². The summed E-state index contributed by atoms with van der Waals surface area (Å²) in [6, 6.07) is 4.39. The van der Waals surface area contributed by atoms with Crippen molar-refractivity contribution in [3.8, 4) is 5.75 Å². The van der Waals surface area contributed by atoms with Gasteiger partial charge in [0.1, 0.15) is 5.75 Å². The third-order valence-electron chi connectivity index (χ3n) is 4.75.